The molecule has 5 rings (SSSR count). The van der Waals surface area contributed by atoms with Crippen LogP contribution in [0.5, 0.6) is 0 Å². The number of hydrogen-bond acceptors (Lipinski definition) is 4. The lowest BCUT2D eigenvalue weighted by atomic mass is 9.78. The Morgan fingerprint density at radius 1 is 1.14 bits per heavy atom. The van der Waals surface area contributed by atoms with E-state index in [2.05, 4.69) is 37.9 Å². The van der Waals surface area contributed by atoms with Crippen LogP contribution in [0.25, 0.3) is 0 Å². The summed E-state index contributed by atoms with van der Waals surface area (Å²) in [5.74, 6) is 2.05. The summed E-state index contributed by atoms with van der Waals surface area (Å²) in [5, 5.41) is 0. The van der Waals surface area contributed by atoms with Crippen molar-refractivity contribution in [3.05, 3.63) is 35.4 Å². The van der Waals surface area contributed by atoms with E-state index in [4.69, 9.17) is 4.98 Å². The molecule has 2 aromatic heterocycles. The third kappa shape index (κ3) is 3.30. The summed E-state index contributed by atoms with van der Waals surface area (Å²) in [5.41, 5.74) is 4.10. The molecule has 0 bridgehead atoms. The Labute approximate surface area is 168 Å². The minimum absolute atomic E-state index is 0.139. The SMILES string of the molecule is CCN1CCc2[nH]cnc2C12CCN(Cc1cnc(CC3CCCC3)[nH]1)CC2. The Kier molecular flexibility index (Phi) is 5.01. The number of aromatic amines is 2. The summed E-state index contributed by atoms with van der Waals surface area (Å²) in [6.45, 7) is 7.79. The van der Waals surface area contributed by atoms with Crippen LogP contribution in [0, 0.1) is 5.92 Å². The van der Waals surface area contributed by atoms with Crippen LogP contribution >= 0.6 is 0 Å². The van der Waals surface area contributed by atoms with Crippen LogP contribution in [-0.4, -0.2) is 55.9 Å². The van der Waals surface area contributed by atoms with Crippen molar-refractivity contribution < 1.29 is 0 Å². The van der Waals surface area contributed by atoms with Gasteiger partial charge >= 0.3 is 0 Å². The van der Waals surface area contributed by atoms with Crippen molar-refractivity contribution in [1.29, 1.82) is 0 Å². The van der Waals surface area contributed by atoms with Gasteiger partial charge in [0, 0.05) is 56.6 Å². The van der Waals surface area contributed by atoms with Gasteiger partial charge in [0.15, 0.2) is 0 Å². The minimum atomic E-state index is 0.139. The van der Waals surface area contributed by atoms with E-state index in [0.717, 1.165) is 51.5 Å². The summed E-state index contributed by atoms with van der Waals surface area (Å²) >= 11 is 0. The predicted octanol–water partition coefficient (Wildman–Crippen LogP) is 3.23. The average molecular weight is 383 g/mol. The van der Waals surface area contributed by atoms with Crippen LogP contribution in [0.15, 0.2) is 12.5 Å². The number of piperidine rings is 1. The van der Waals surface area contributed by atoms with E-state index in [1.165, 1.54) is 61.4 Å². The zero-order chi connectivity index (χ0) is 19.0. The fraction of sp³-hybridized carbons (Fsp3) is 0.727. The number of fused-ring (bicyclic) bond motifs is 2. The lowest BCUT2D eigenvalue weighted by Crippen LogP contribution is -2.56. The van der Waals surface area contributed by atoms with Gasteiger partial charge in [0.25, 0.3) is 0 Å². The van der Waals surface area contributed by atoms with Crippen molar-refractivity contribution in [1.82, 2.24) is 29.7 Å². The van der Waals surface area contributed by atoms with Crippen molar-refractivity contribution in [2.45, 2.75) is 70.4 Å². The Bertz CT molecular complexity index is 779. The van der Waals surface area contributed by atoms with Gasteiger partial charge in [0.1, 0.15) is 5.82 Å². The second kappa shape index (κ2) is 7.64. The lowest BCUT2D eigenvalue weighted by Gasteiger charge is -2.50. The zero-order valence-electron chi connectivity index (χ0n) is 17.2. The van der Waals surface area contributed by atoms with Crippen LogP contribution in [0.1, 0.15) is 68.4 Å². The molecule has 28 heavy (non-hydrogen) atoms. The highest BCUT2D eigenvalue weighted by atomic mass is 15.3. The first-order valence-corrected chi connectivity index (χ1v) is 11.3. The second-order valence-electron chi connectivity index (χ2n) is 9.08. The highest BCUT2D eigenvalue weighted by Gasteiger charge is 2.45. The molecule has 2 aliphatic heterocycles. The normalized spacial score (nSPS) is 23.5. The molecule has 1 saturated carbocycles. The Morgan fingerprint density at radius 3 is 2.75 bits per heavy atom. The van der Waals surface area contributed by atoms with Gasteiger partial charge in [-0.1, -0.05) is 32.6 Å². The second-order valence-corrected chi connectivity index (χ2v) is 9.08. The molecule has 2 fully saturated rings. The molecule has 6 heteroatoms. The van der Waals surface area contributed by atoms with Crippen LogP contribution in [0.4, 0.5) is 0 Å². The van der Waals surface area contributed by atoms with Crippen molar-refractivity contribution >= 4 is 0 Å². The Hall–Kier alpha value is -1.66. The molecule has 0 amide bonds. The van der Waals surface area contributed by atoms with E-state index < -0.39 is 0 Å². The van der Waals surface area contributed by atoms with E-state index in [1.54, 1.807) is 0 Å². The van der Waals surface area contributed by atoms with Gasteiger partial charge in [0.05, 0.1) is 17.6 Å². The quantitative estimate of drug-likeness (QED) is 0.833. The molecular formula is C22H34N6. The molecule has 3 aliphatic rings. The van der Waals surface area contributed by atoms with Crippen LogP contribution in [-0.2, 0) is 24.9 Å². The highest BCUT2D eigenvalue weighted by Crippen LogP contribution is 2.42. The van der Waals surface area contributed by atoms with E-state index in [1.807, 2.05) is 6.33 Å². The molecule has 1 saturated heterocycles. The molecule has 1 spiro atoms. The molecule has 0 radical (unpaired) electrons. The molecule has 6 nitrogen and oxygen atoms in total. The third-order valence-electron chi connectivity index (χ3n) is 7.49. The summed E-state index contributed by atoms with van der Waals surface area (Å²) in [7, 11) is 0. The maximum Gasteiger partial charge on any atom is 0.106 e. The predicted molar refractivity (Wildman–Crippen MR) is 110 cm³/mol. The lowest BCUT2D eigenvalue weighted by molar-refractivity contribution is 0.00682. The Balaban J connectivity index is 1.22. The van der Waals surface area contributed by atoms with E-state index in [9.17, 15) is 0 Å². The number of rotatable bonds is 5. The summed E-state index contributed by atoms with van der Waals surface area (Å²) in [4.78, 5) is 21.7. The molecule has 0 atom stereocenters. The molecule has 4 heterocycles. The van der Waals surface area contributed by atoms with Gasteiger partial charge in [-0.15, -0.1) is 0 Å². The Morgan fingerprint density at radius 2 is 1.96 bits per heavy atom. The minimum Gasteiger partial charge on any atom is -0.348 e. The van der Waals surface area contributed by atoms with Gasteiger partial charge in [-0.2, -0.15) is 0 Å². The smallest absolute Gasteiger partial charge is 0.106 e. The fourth-order valence-corrected chi connectivity index (χ4v) is 5.94. The van der Waals surface area contributed by atoms with Crippen LogP contribution in [0.3, 0.4) is 0 Å². The topological polar surface area (TPSA) is 63.8 Å². The van der Waals surface area contributed by atoms with Crippen molar-refractivity contribution in [2.75, 3.05) is 26.2 Å². The largest absolute Gasteiger partial charge is 0.348 e. The molecule has 152 valence electrons. The molecule has 0 unspecified atom stereocenters. The maximum atomic E-state index is 4.76. The fourth-order valence-electron chi connectivity index (χ4n) is 5.94. The summed E-state index contributed by atoms with van der Waals surface area (Å²) in [6.07, 6.45) is 14.1. The van der Waals surface area contributed by atoms with Gasteiger partial charge in [-0.25, -0.2) is 9.97 Å². The number of hydrogen-bond donors (Lipinski definition) is 2. The number of likely N-dealkylation sites (tertiary alicyclic amines) is 1. The molecule has 0 aromatic carbocycles. The first-order chi connectivity index (χ1) is 13.8. The number of imidazole rings is 2. The van der Waals surface area contributed by atoms with Crippen molar-refractivity contribution in [3.8, 4) is 0 Å². The maximum absolute atomic E-state index is 4.76. The molecule has 2 N–H and O–H groups in total. The monoisotopic (exact) mass is 382 g/mol. The van der Waals surface area contributed by atoms with Gasteiger partial charge in [-0.3, -0.25) is 9.80 Å². The van der Waals surface area contributed by atoms with Crippen LogP contribution in [0.2, 0.25) is 0 Å². The van der Waals surface area contributed by atoms with E-state index in [0.29, 0.717) is 0 Å². The zero-order valence-corrected chi connectivity index (χ0v) is 17.2. The third-order valence-corrected chi connectivity index (χ3v) is 7.49. The first kappa shape index (κ1) is 18.4. The van der Waals surface area contributed by atoms with Crippen molar-refractivity contribution in [3.63, 3.8) is 0 Å². The molecular weight excluding hydrogens is 348 g/mol. The van der Waals surface area contributed by atoms with Gasteiger partial charge < -0.3 is 9.97 Å². The van der Waals surface area contributed by atoms with Crippen molar-refractivity contribution in [2.24, 2.45) is 5.92 Å². The van der Waals surface area contributed by atoms with Gasteiger partial charge in [0.2, 0.25) is 0 Å². The molecule has 2 aromatic rings. The number of nitrogens with zero attached hydrogens (tertiary/aromatic N) is 4. The number of aromatic nitrogens is 4. The van der Waals surface area contributed by atoms with Crippen LogP contribution < -0.4 is 0 Å². The van der Waals surface area contributed by atoms with Gasteiger partial charge in [-0.05, 0) is 25.3 Å². The number of nitrogens with one attached hydrogen (secondary N) is 2. The highest BCUT2D eigenvalue weighted by molar-refractivity contribution is 5.26. The standard InChI is InChI=1S/C22H34N6/c1-2-28-10-7-19-21(25-16-24-19)22(28)8-11-27(12-9-22)15-18-14-23-20(26-18)13-17-5-3-4-6-17/h14,16-17H,2-13,15H2,1H3,(H,23,26)(H,24,25). The summed E-state index contributed by atoms with van der Waals surface area (Å²) in [6, 6.07) is 0. The summed E-state index contributed by atoms with van der Waals surface area (Å²) < 4.78 is 0. The van der Waals surface area contributed by atoms with E-state index >= 15 is 0 Å². The number of H-pyrrole nitrogens is 2. The molecule has 1 aliphatic carbocycles. The number of likely N-dealkylation sites (N-methyl/N-ethyl adjacent to an activating group) is 1. The first-order valence-electron chi connectivity index (χ1n) is 11.3. The average Bonchev–Trinajstić information content (AvgIpc) is 3.47. The van der Waals surface area contributed by atoms with E-state index in [-0.39, 0.29) is 5.54 Å².